The SMILES string of the molecule is CCC(C)CSc1cccc(Cl)c1C(=N)N. The Hall–Kier alpha value is -0.670. The largest absolute Gasteiger partial charge is 0.384 e. The van der Waals surface area contributed by atoms with Gasteiger partial charge in [0.05, 0.1) is 5.02 Å². The maximum absolute atomic E-state index is 7.53. The number of benzene rings is 1. The molecule has 0 heterocycles. The van der Waals surface area contributed by atoms with Gasteiger partial charge in [-0.3, -0.25) is 5.41 Å². The third kappa shape index (κ3) is 3.42. The number of halogens is 1. The Morgan fingerprint density at radius 1 is 1.56 bits per heavy atom. The minimum atomic E-state index is 0.0391. The molecule has 0 fully saturated rings. The molecule has 0 aliphatic carbocycles. The first-order chi connectivity index (χ1) is 7.56. The number of amidine groups is 1. The predicted octanol–water partition coefficient (Wildman–Crippen LogP) is 3.76. The molecule has 0 amide bonds. The van der Waals surface area contributed by atoms with Crippen molar-refractivity contribution in [3.8, 4) is 0 Å². The Kier molecular flexibility index (Phi) is 5.16. The van der Waals surface area contributed by atoms with Gasteiger partial charge in [-0.1, -0.05) is 37.9 Å². The Bertz CT molecular complexity index is 379. The van der Waals surface area contributed by atoms with Crippen LogP contribution in [-0.4, -0.2) is 11.6 Å². The van der Waals surface area contributed by atoms with Crippen molar-refractivity contribution in [2.75, 3.05) is 5.75 Å². The molecule has 0 aliphatic heterocycles. The van der Waals surface area contributed by atoms with Gasteiger partial charge in [-0.25, -0.2) is 0 Å². The maximum Gasteiger partial charge on any atom is 0.125 e. The lowest BCUT2D eigenvalue weighted by atomic mass is 10.2. The summed E-state index contributed by atoms with van der Waals surface area (Å²) in [6, 6.07) is 5.63. The first kappa shape index (κ1) is 13.4. The molecule has 0 saturated heterocycles. The van der Waals surface area contributed by atoms with Crippen LogP contribution in [0.5, 0.6) is 0 Å². The summed E-state index contributed by atoms with van der Waals surface area (Å²) in [7, 11) is 0. The van der Waals surface area contributed by atoms with Crippen LogP contribution >= 0.6 is 23.4 Å². The van der Waals surface area contributed by atoms with Gasteiger partial charge < -0.3 is 5.73 Å². The average molecular weight is 257 g/mol. The Morgan fingerprint density at radius 3 is 2.81 bits per heavy atom. The van der Waals surface area contributed by atoms with Crippen LogP contribution in [-0.2, 0) is 0 Å². The van der Waals surface area contributed by atoms with Crippen molar-refractivity contribution in [1.29, 1.82) is 5.41 Å². The lowest BCUT2D eigenvalue weighted by molar-refractivity contribution is 0.637. The van der Waals surface area contributed by atoms with Crippen LogP contribution in [0.1, 0.15) is 25.8 Å². The molecular weight excluding hydrogens is 240 g/mol. The summed E-state index contributed by atoms with van der Waals surface area (Å²) in [6.07, 6.45) is 1.16. The number of hydrogen-bond acceptors (Lipinski definition) is 2. The summed E-state index contributed by atoms with van der Waals surface area (Å²) < 4.78 is 0. The zero-order valence-electron chi connectivity index (χ0n) is 9.59. The summed E-state index contributed by atoms with van der Waals surface area (Å²) in [5.41, 5.74) is 6.20. The van der Waals surface area contributed by atoms with Crippen LogP contribution in [0.2, 0.25) is 5.02 Å². The third-order valence-corrected chi connectivity index (χ3v) is 4.17. The lowest BCUT2D eigenvalue weighted by Gasteiger charge is -2.12. The van der Waals surface area contributed by atoms with Crippen molar-refractivity contribution in [3.63, 3.8) is 0 Å². The highest BCUT2D eigenvalue weighted by Gasteiger charge is 2.11. The standard InChI is InChI=1S/C12H17ClN2S/c1-3-8(2)7-16-10-6-4-5-9(13)11(10)12(14)15/h4-6,8H,3,7H2,1-2H3,(H3,14,15). The van der Waals surface area contributed by atoms with E-state index in [9.17, 15) is 0 Å². The minimum Gasteiger partial charge on any atom is -0.384 e. The number of nitrogens with two attached hydrogens (primary N) is 1. The number of nitrogens with one attached hydrogen (secondary N) is 1. The highest BCUT2D eigenvalue weighted by molar-refractivity contribution is 7.99. The molecule has 1 aromatic rings. The molecule has 2 nitrogen and oxygen atoms in total. The lowest BCUT2D eigenvalue weighted by Crippen LogP contribution is -2.13. The topological polar surface area (TPSA) is 49.9 Å². The molecule has 4 heteroatoms. The molecule has 1 unspecified atom stereocenters. The number of thioether (sulfide) groups is 1. The van der Waals surface area contributed by atoms with E-state index in [-0.39, 0.29) is 5.84 Å². The molecule has 1 rings (SSSR count). The molecule has 16 heavy (non-hydrogen) atoms. The van der Waals surface area contributed by atoms with Crippen molar-refractivity contribution in [1.82, 2.24) is 0 Å². The highest BCUT2D eigenvalue weighted by Crippen LogP contribution is 2.29. The van der Waals surface area contributed by atoms with Gasteiger partial charge in [-0.15, -0.1) is 11.8 Å². The Labute approximate surface area is 106 Å². The molecule has 0 saturated carbocycles. The van der Waals surface area contributed by atoms with Gasteiger partial charge in [-0.05, 0) is 18.1 Å². The van der Waals surface area contributed by atoms with E-state index in [1.54, 1.807) is 17.8 Å². The summed E-state index contributed by atoms with van der Waals surface area (Å²) >= 11 is 7.76. The molecule has 3 N–H and O–H groups in total. The fourth-order valence-corrected chi connectivity index (χ4v) is 2.81. The van der Waals surface area contributed by atoms with Crippen molar-refractivity contribution >= 4 is 29.2 Å². The third-order valence-electron chi connectivity index (χ3n) is 2.46. The van der Waals surface area contributed by atoms with Gasteiger partial charge in [-0.2, -0.15) is 0 Å². The summed E-state index contributed by atoms with van der Waals surface area (Å²) in [5.74, 6) is 1.72. The number of rotatable bonds is 5. The van der Waals surface area contributed by atoms with Crippen molar-refractivity contribution in [2.24, 2.45) is 11.7 Å². The molecule has 88 valence electrons. The summed E-state index contributed by atoms with van der Waals surface area (Å²) in [5, 5.41) is 8.08. The molecule has 1 aromatic carbocycles. The fourth-order valence-electron chi connectivity index (χ4n) is 1.24. The van der Waals surface area contributed by atoms with Gasteiger partial charge in [0.15, 0.2) is 0 Å². The second kappa shape index (κ2) is 6.16. The smallest absolute Gasteiger partial charge is 0.125 e. The van der Waals surface area contributed by atoms with Gasteiger partial charge >= 0.3 is 0 Å². The quantitative estimate of drug-likeness (QED) is 0.479. The van der Waals surface area contributed by atoms with Crippen LogP contribution in [0, 0.1) is 11.3 Å². The van der Waals surface area contributed by atoms with Gasteiger partial charge in [0.25, 0.3) is 0 Å². The van der Waals surface area contributed by atoms with E-state index >= 15 is 0 Å². The zero-order chi connectivity index (χ0) is 12.1. The van der Waals surface area contributed by atoms with Crippen LogP contribution in [0.3, 0.4) is 0 Å². The molecule has 0 radical (unpaired) electrons. The Balaban J connectivity index is 2.87. The monoisotopic (exact) mass is 256 g/mol. The van der Waals surface area contributed by atoms with Crippen LogP contribution in [0.25, 0.3) is 0 Å². The zero-order valence-corrected chi connectivity index (χ0v) is 11.2. The summed E-state index contributed by atoms with van der Waals surface area (Å²) in [4.78, 5) is 1.00. The van der Waals surface area contributed by atoms with Crippen LogP contribution in [0.4, 0.5) is 0 Å². The molecule has 1 atom stereocenters. The van der Waals surface area contributed by atoms with E-state index in [2.05, 4.69) is 13.8 Å². The first-order valence-electron chi connectivity index (χ1n) is 5.32. The average Bonchev–Trinajstić information content (AvgIpc) is 2.25. The minimum absolute atomic E-state index is 0.0391. The molecule has 0 spiro atoms. The summed E-state index contributed by atoms with van der Waals surface area (Å²) in [6.45, 7) is 4.39. The van der Waals surface area contributed by atoms with Gasteiger partial charge in [0.1, 0.15) is 5.84 Å². The molecule has 0 aromatic heterocycles. The van der Waals surface area contributed by atoms with E-state index < -0.39 is 0 Å². The second-order valence-corrected chi connectivity index (χ2v) is 5.32. The van der Waals surface area contributed by atoms with E-state index in [1.807, 2.05) is 12.1 Å². The number of nitrogen functional groups attached to an aromatic ring is 1. The van der Waals surface area contributed by atoms with Crippen molar-refractivity contribution in [2.45, 2.75) is 25.2 Å². The Morgan fingerprint density at radius 2 is 2.25 bits per heavy atom. The molecular formula is C12H17ClN2S. The van der Waals surface area contributed by atoms with Crippen LogP contribution in [0.15, 0.2) is 23.1 Å². The normalized spacial score (nSPS) is 12.4. The second-order valence-electron chi connectivity index (χ2n) is 3.85. The van der Waals surface area contributed by atoms with E-state index in [0.717, 1.165) is 17.1 Å². The predicted molar refractivity (Wildman–Crippen MR) is 72.6 cm³/mol. The van der Waals surface area contributed by atoms with E-state index in [1.165, 1.54) is 0 Å². The van der Waals surface area contributed by atoms with E-state index in [0.29, 0.717) is 16.5 Å². The van der Waals surface area contributed by atoms with Gasteiger partial charge in [0, 0.05) is 16.2 Å². The van der Waals surface area contributed by atoms with E-state index in [4.69, 9.17) is 22.7 Å². The van der Waals surface area contributed by atoms with Crippen LogP contribution < -0.4 is 5.73 Å². The molecule has 0 bridgehead atoms. The highest BCUT2D eigenvalue weighted by atomic mass is 35.5. The van der Waals surface area contributed by atoms with Crippen molar-refractivity contribution in [3.05, 3.63) is 28.8 Å². The maximum atomic E-state index is 7.53. The fraction of sp³-hybridized carbons (Fsp3) is 0.417. The first-order valence-corrected chi connectivity index (χ1v) is 6.68. The van der Waals surface area contributed by atoms with Crippen molar-refractivity contribution < 1.29 is 0 Å². The molecule has 0 aliphatic rings. The van der Waals surface area contributed by atoms with Gasteiger partial charge in [0.2, 0.25) is 0 Å². The number of hydrogen-bond donors (Lipinski definition) is 2.